The average Bonchev–Trinajstić information content (AvgIpc) is 3.70. The third-order valence-corrected chi connectivity index (χ3v) is 8.54. The van der Waals surface area contributed by atoms with E-state index in [1.165, 1.54) is 22.3 Å². The summed E-state index contributed by atoms with van der Waals surface area (Å²) < 4.78 is 10.6. The van der Waals surface area contributed by atoms with Gasteiger partial charge in [0.25, 0.3) is 0 Å². The number of aromatic nitrogens is 5. The smallest absolute Gasteiger partial charge is 0.497 e. The summed E-state index contributed by atoms with van der Waals surface area (Å²) in [5.74, 6) is 1.19. The fraction of sp³-hybridized carbons (Fsp3) is 0.0789. The Morgan fingerprint density at radius 2 is 1.31 bits per heavy atom. The van der Waals surface area contributed by atoms with E-state index in [0.29, 0.717) is 11.5 Å². The number of nitrogens with zero attached hydrogens (tertiary/aromatic N) is 5. The Hall–Kier alpha value is -5.06. The first-order valence-electron chi connectivity index (χ1n) is 14.6. The molecule has 0 radical (unpaired) electrons. The summed E-state index contributed by atoms with van der Waals surface area (Å²) in [5, 5.41) is 6.07. The molecule has 218 valence electrons. The van der Waals surface area contributed by atoms with Crippen LogP contribution in [0, 0.1) is 32.9 Å². The van der Waals surface area contributed by atoms with E-state index in [1.807, 2.05) is 28.8 Å². The van der Waals surface area contributed by atoms with Crippen molar-refractivity contribution in [2.24, 2.45) is 0 Å². The molecule has 6 nitrogen and oxygen atoms in total. The molecule has 0 aliphatic heterocycles. The summed E-state index contributed by atoms with van der Waals surface area (Å²) in [5.41, 5.74) is 9.41. The summed E-state index contributed by atoms with van der Waals surface area (Å²) in [4.78, 5) is 14.4. The second kappa shape index (κ2) is 10.3. The zero-order valence-corrected chi connectivity index (χ0v) is 27.0. The maximum atomic E-state index is 6.44. The summed E-state index contributed by atoms with van der Waals surface area (Å²) >= 11 is 0. The van der Waals surface area contributed by atoms with Crippen LogP contribution >= 0.6 is 0 Å². The van der Waals surface area contributed by atoms with Crippen molar-refractivity contribution in [3.63, 3.8) is 0 Å². The Morgan fingerprint density at radius 3 is 2.09 bits per heavy atom. The maximum absolute atomic E-state index is 6.44. The molecule has 0 saturated carbocycles. The average molecular weight is 763 g/mol. The molecule has 4 aromatic carbocycles. The molecule has 0 bridgehead atoms. The number of para-hydroxylation sites is 1. The van der Waals surface area contributed by atoms with E-state index in [2.05, 4.69) is 108 Å². The first kappa shape index (κ1) is 27.5. The summed E-state index contributed by atoms with van der Waals surface area (Å²) in [6.07, 6.45) is 7.66. The minimum Gasteiger partial charge on any atom is -0.497 e. The fourth-order valence-electron chi connectivity index (χ4n) is 6.80. The molecule has 45 heavy (non-hydrogen) atoms. The first-order valence-corrected chi connectivity index (χ1v) is 14.6. The van der Waals surface area contributed by atoms with Crippen molar-refractivity contribution < 1.29 is 25.8 Å². The Balaban J connectivity index is 0.00000300. The van der Waals surface area contributed by atoms with Gasteiger partial charge in [0, 0.05) is 47.4 Å². The van der Waals surface area contributed by atoms with Gasteiger partial charge in [0.15, 0.2) is 0 Å². The van der Waals surface area contributed by atoms with Gasteiger partial charge < -0.3 is 13.5 Å². The number of rotatable bonds is 3. The van der Waals surface area contributed by atoms with E-state index in [4.69, 9.17) is 9.72 Å². The molecule has 0 atom stereocenters. The van der Waals surface area contributed by atoms with Gasteiger partial charge in [0.1, 0.15) is 5.65 Å². The minimum absolute atomic E-state index is 0. The van der Waals surface area contributed by atoms with Gasteiger partial charge in [-0.1, -0.05) is 87.8 Å². The van der Waals surface area contributed by atoms with E-state index in [0.717, 1.165) is 60.5 Å². The Morgan fingerprint density at radius 1 is 0.644 bits per heavy atom. The molecule has 5 heterocycles. The van der Waals surface area contributed by atoms with Crippen LogP contribution in [-0.4, -0.2) is 23.8 Å². The monoisotopic (exact) mass is 762 g/mol. The van der Waals surface area contributed by atoms with E-state index >= 15 is 0 Å². The van der Waals surface area contributed by atoms with Crippen molar-refractivity contribution in [1.82, 2.24) is 23.8 Å². The zero-order valence-electron chi connectivity index (χ0n) is 24.7. The third kappa shape index (κ3) is 4.17. The molecule has 9 aromatic rings. The van der Waals surface area contributed by atoms with Crippen LogP contribution in [0.15, 0.2) is 97.6 Å². The molecular weight excluding hydrogens is 738 g/mol. The van der Waals surface area contributed by atoms with Crippen LogP contribution in [0.5, 0.6) is 11.5 Å². The van der Waals surface area contributed by atoms with E-state index < -0.39 is 0 Å². The van der Waals surface area contributed by atoms with Crippen molar-refractivity contribution in [3.05, 3.63) is 126 Å². The SMILES string of the molecule is Cc1cc(C)c(-c2cn3c4ccccc4c4ccc(Oc5[c-]c6c(cc5)c5cccnc5n5ccnc65)[c-]c4c3n2)c(C)c1.[Pt+2]. The molecule has 0 saturated heterocycles. The number of benzene rings is 4. The Kier molecular flexibility index (Phi) is 6.26. The molecule has 0 N–H and O–H groups in total. The minimum atomic E-state index is 0. The predicted molar refractivity (Wildman–Crippen MR) is 176 cm³/mol. The van der Waals surface area contributed by atoms with Gasteiger partial charge >= 0.3 is 21.1 Å². The normalized spacial score (nSPS) is 11.7. The number of fused-ring (bicyclic) bond motifs is 12. The van der Waals surface area contributed by atoms with Crippen LogP contribution in [-0.2, 0) is 21.1 Å². The van der Waals surface area contributed by atoms with E-state index in [9.17, 15) is 0 Å². The van der Waals surface area contributed by atoms with Crippen LogP contribution in [0.2, 0.25) is 0 Å². The molecule has 0 amide bonds. The van der Waals surface area contributed by atoms with Crippen molar-refractivity contribution in [3.8, 4) is 22.8 Å². The Bertz CT molecular complexity index is 2610. The van der Waals surface area contributed by atoms with Crippen LogP contribution < -0.4 is 4.74 Å². The molecule has 5 aromatic heterocycles. The second-order valence-electron chi connectivity index (χ2n) is 11.4. The third-order valence-electron chi connectivity index (χ3n) is 8.54. The van der Waals surface area contributed by atoms with Crippen LogP contribution in [0.3, 0.4) is 0 Å². The Labute approximate surface area is 273 Å². The van der Waals surface area contributed by atoms with Crippen LogP contribution in [0.1, 0.15) is 16.7 Å². The molecular formula is C38H25N5OPt. The molecule has 0 fully saturated rings. The summed E-state index contributed by atoms with van der Waals surface area (Å²) in [7, 11) is 0. The quantitative estimate of drug-likeness (QED) is 0.133. The molecule has 0 aliphatic rings. The van der Waals surface area contributed by atoms with Crippen molar-refractivity contribution in [2.75, 3.05) is 0 Å². The van der Waals surface area contributed by atoms with Crippen molar-refractivity contribution in [2.45, 2.75) is 20.8 Å². The van der Waals surface area contributed by atoms with Gasteiger partial charge in [-0.25, -0.2) is 4.98 Å². The molecule has 0 unspecified atom stereocenters. The number of imidazole rings is 2. The fourth-order valence-corrected chi connectivity index (χ4v) is 6.80. The number of aryl methyl sites for hydroxylation is 3. The summed E-state index contributed by atoms with van der Waals surface area (Å²) in [6.45, 7) is 6.45. The molecule has 9 rings (SSSR count). The molecule has 7 heteroatoms. The second-order valence-corrected chi connectivity index (χ2v) is 11.4. The van der Waals surface area contributed by atoms with Gasteiger partial charge in [0.2, 0.25) is 0 Å². The standard InChI is InChI=1S/C38H25N5O.Pt/c1-22-17-23(2)35(24(3)18-22)33-21-43-34-9-5-4-7-29(34)27-12-10-26(20-32(27)38(43)41-33)44-25-11-13-28-30-8-6-14-39-36(30)42-16-15-40-37(42)31(28)19-25;/h4-18,21H,1-3H3;/q-2;+2. The molecule has 0 aliphatic carbocycles. The largest absolute Gasteiger partial charge is 2.00 e. The number of hydrogen-bond acceptors (Lipinski definition) is 4. The topological polar surface area (TPSA) is 56.7 Å². The van der Waals surface area contributed by atoms with Gasteiger partial charge in [-0.05, 0) is 54.8 Å². The van der Waals surface area contributed by atoms with E-state index in [-0.39, 0.29) is 21.1 Å². The zero-order chi connectivity index (χ0) is 29.5. The van der Waals surface area contributed by atoms with E-state index in [1.54, 1.807) is 12.4 Å². The van der Waals surface area contributed by atoms with Gasteiger partial charge in [-0.15, -0.1) is 12.1 Å². The number of hydrogen-bond donors (Lipinski definition) is 0. The van der Waals surface area contributed by atoms with Gasteiger partial charge in [0.05, 0.1) is 17.0 Å². The number of pyridine rings is 3. The van der Waals surface area contributed by atoms with Crippen molar-refractivity contribution >= 4 is 54.8 Å². The predicted octanol–water partition coefficient (Wildman–Crippen LogP) is 8.97. The number of ether oxygens (including phenoxy) is 1. The summed E-state index contributed by atoms with van der Waals surface area (Å²) in [6, 6.07) is 32.0. The van der Waals surface area contributed by atoms with Crippen molar-refractivity contribution in [1.29, 1.82) is 0 Å². The van der Waals surface area contributed by atoms with Crippen LogP contribution in [0.4, 0.5) is 0 Å². The van der Waals surface area contributed by atoms with Crippen LogP contribution in [0.25, 0.3) is 66.0 Å². The maximum Gasteiger partial charge on any atom is 2.00 e. The first-order chi connectivity index (χ1) is 21.5. The van der Waals surface area contributed by atoms with Gasteiger partial charge in [-0.2, -0.15) is 0 Å². The molecule has 0 spiro atoms. The van der Waals surface area contributed by atoms with Gasteiger partial charge in [-0.3, -0.25) is 9.97 Å².